The van der Waals surface area contributed by atoms with Gasteiger partial charge in [-0.3, -0.25) is 0 Å². The highest BCUT2D eigenvalue weighted by Crippen LogP contribution is 2.26. The van der Waals surface area contributed by atoms with E-state index in [1.165, 1.54) is 0 Å². The molecule has 0 aliphatic rings. The van der Waals surface area contributed by atoms with Crippen LogP contribution in [0.2, 0.25) is 0 Å². The minimum Gasteiger partial charge on any atom is -0.494 e. The third kappa shape index (κ3) is 3.34. The Hall–Kier alpha value is -1.83. The lowest BCUT2D eigenvalue weighted by Gasteiger charge is -2.08. The van der Waals surface area contributed by atoms with E-state index in [4.69, 9.17) is 4.74 Å². The maximum atomic E-state index is 14.1. The summed E-state index contributed by atoms with van der Waals surface area (Å²) in [5.41, 5.74) is 2.57. The lowest BCUT2D eigenvalue weighted by atomic mass is 10.0. The molecule has 19 heavy (non-hydrogen) atoms. The van der Waals surface area contributed by atoms with Crippen molar-refractivity contribution in [3.8, 4) is 16.9 Å². The molecule has 0 saturated heterocycles. The molecule has 0 spiro atoms. The van der Waals surface area contributed by atoms with E-state index < -0.39 is 0 Å². The lowest BCUT2D eigenvalue weighted by molar-refractivity contribution is 0.340. The molecule has 1 nitrogen and oxygen atoms in total. The molecule has 0 unspecified atom stereocenters. The first-order valence-electron chi connectivity index (χ1n) is 6.76. The molecule has 100 valence electrons. The number of aryl methyl sites for hydroxylation is 1. The van der Waals surface area contributed by atoms with E-state index in [9.17, 15) is 4.39 Å². The summed E-state index contributed by atoms with van der Waals surface area (Å²) in [7, 11) is 0. The molecule has 0 aliphatic carbocycles. The SMILES string of the molecule is CCCc1ccc(-c2ccc(OCC)cc2)c(F)c1. The normalized spacial score (nSPS) is 10.5. The van der Waals surface area contributed by atoms with Crippen LogP contribution < -0.4 is 4.74 Å². The number of benzene rings is 2. The summed E-state index contributed by atoms with van der Waals surface area (Å²) in [6.07, 6.45) is 1.95. The Balaban J connectivity index is 2.25. The summed E-state index contributed by atoms with van der Waals surface area (Å²) in [4.78, 5) is 0. The van der Waals surface area contributed by atoms with Crippen molar-refractivity contribution in [2.75, 3.05) is 6.61 Å². The molecule has 0 aliphatic heterocycles. The second-order valence-corrected chi connectivity index (χ2v) is 4.52. The van der Waals surface area contributed by atoms with Crippen LogP contribution in [0, 0.1) is 5.82 Å². The second-order valence-electron chi connectivity index (χ2n) is 4.52. The number of ether oxygens (including phenoxy) is 1. The Morgan fingerprint density at radius 3 is 2.32 bits per heavy atom. The standard InChI is InChI=1S/C17H19FO/c1-3-5-13-6-11-16(17(18)12-13)14-7-9-15(10-8-14)19-4-2/h6-12H,3-5H2,1-2H3. The van der Waals surface area contributed by atoms with Gasteiger partial charge in [0.25, 0.3) is 0 Å². The van der Waals surface area contributed by atoms with Crippen molar-refractivity contribution in [2.24, 2.45) is 0 Å². The van der Waals surface area contributed by atoms with E-state index in [0.717, 1.165) is 29.7 Å². The van der Waals surface area contributed by atoms with Gasteiger partial charge in [0.05, 0.1) is 6.61 Å². The molecule has 0 atom stereocenters. The number of hydrogen-bond acceptors (Lipinski definition) is 1. The monoisotopic (exact) mass is 258 g/mol. The van der Waals surface area contributed by atoms with Gasteiger partial charge in [-0.15, -0.1) is 0 Å². The van der Waals surface area contributed by atoms with Crippen LogP contribution in [-0.2, 0) is 6.42 Å². The maximum Gasteiger partial charge on any atom is 0.131 e. The molecule has 2 aromatic carbocycles. The molecule has 0 bridgehead atoms. The average Bonchev–Trinajstić information content (AvgIpc) is 2.41. The van der Waals surface area contributed by atoms with Gasteiger partial charge in [-0.05, 0) is 42.7 Å². The largest absolute Gasteiger partial charge is 0.494 e. The highest BCUT2D eigenvalue weighted by molar-refractivity contribution is 5.65. The molecular weight excluding hydrogens is 239 g/mol. The van der Waals surface area contributed by atoms with Crippen LogP contribution in [0.25, 0.3) is 11.1 Å². The minimum atomic E-state index is -0.157. The van der Waals surface area contributed by atoms with Crippen molar-refractivity contribution in [3.05, 3.63) is 53.8 Å². The van der Waals surface area contributed by atoms with Gasteiger partial charge in [-0.25, -0.2) is 4.39 Å². The lowest BCUT2D eigenvalue weighted by Crippen LogP contribution is -1.92. The number of halogens is 1. The van der Waals surface area contributed by atoms with Crippen LogP contribution in [-0.4, -0.2) is 6.61 Å². The Morgan fingerprint density at radius 1 is 1.00 bits per heavy atom. The fourth-order valence-electron chi connectivity index (χ4n) is 2.13. The Kier molecular flexibility index (Phi) is 4.56. The van der Waals surface area contributed by atoms with Crippen molar-refractivity contribution >= 4 is 0 Å². The molecule has 0 N–H and O–H groups in total. The summed E-state index contributed by atoms with van der Waals surface area (Å²) < 4.78 is 19.5. The molecule has 2 aromatic rings. The molecular formula is C17H19FO. The predicted octanol–water partition coefficient (Wildman–Crippen LogP) is 4.84. The van der Waals surface area contributed by atoms with Crippen LogP contribution in [0.3, 0.4) is 0 Å². The molecule has 0 fully saturated rings. The molecule has 0 amide bonds. The van der Waals surface area contributed by atoms with Crippen molar-refractivity contribution in [1.82, 2.24) is 0 Å². The van der Waals surface area contributed by atoms with Gasteiger partial charge >= 0.3 is 0 Å². The molecule has 2 rings (SSSR count). The van der Waals surface area contributed by atoms with Gasteiger partial charge in [-0.1, -0.05) is 37.6 Å². The predicted molar refractivity (Wildman–Crippen MR) is 77.0 cm³/mol. The highest BCUT2D eigenvalue weighted by atomic mass is 19.1. The Morgan fingerprint density at radius 2 is 1.74 bits per heavy atom. The van der Waals surface area contributed by atoms with Gasteiger partial charge in [0, 0.05) is 5.56 Å². The summed E-state index contributed by atoms with van der Waals surface area (Å²) in [5.74, 6) is 0.657. The van der Waals surface area contributed by atoms with Crippen molar-refractivity contribution in [3.63, 3.8) is 0 Å². The van der Waals surface area contributed by atoms with Gasteiger partial charge in [-0.2, -0.15) is 0 Å². The topological polar surface area (TPSA) is 9.23 Å². The van der Waals surface area contributed by atoms with Gasteiger partial charge < -0.3 is 4.74 Å². The van der Waals surface area contributed by atoms with Crippen molar-refractivity contribution in [1.29, 1.82) is 0 Å². The first-order chi connectivity index (χ1) is 9.24. The van der Waals surface area contributed by atoms with Crippen LogP contribution in [0.1, 0.15) is 25.8 Å². The Bertz CT molecular complexity index is 531. The fourth-order valence-corrected chi connectivity index (χ4v) is 2.13. The van der Waals surface area contributed by atoms with Gasteiger partial charge in [0.1, 0.15) is 11.6 Å². The zero-order valence-corrected chi connectivity index (χ0v) is 11.4. The van der Waals surface area contributed by atoms with E-state index >= 15 is 0 Å². The van der Waals surface area contributed by atoms with Crippen LogP contribution in [0.5, 0.6) is 5.75 Å². The summed E-state index contributed by atoms with van der Waals surface area (Å²) in [6.45, 7) is 4.68. The number of hydrogen-bond donors (Lipinski definition) is 0. The van der Waals surface area contributed by atoms with E-state index in [-0.39, 0.29) is 5.82 Å². The molecule has 0 heterocycles. The zero-order valence-electron chi connectivity index (χ0n) is 11.4. The minimum absolute atomic E-state index is 0.157. The summed E-state index contributed by atoms with van der Waals surface area (Å²) in [5, 5.41) is 0. The van der Waals surface area contributed by atoms with E-state index in [2.05, 4.69) is 6.92 Å². The summed E-state index contributed by atoms with van der Waals surface area (Å²) >= 11 is 0. The summed E-state index contributed by atoms with van der Waals surface area (Å²) in [6, 6.07) is 13.0. The zero-order chi connectivity index (χ0) is 13.7. The van der Waals surface area contributed by atoms with Crippen molar-refractivity contribution in [2.45, 2.75) is 26.7 Å². The second kappa shape index (κ2) is 6.37. The molecule has 0 saturated carbocycles. The maximum absolute atomic E-state index is 14.1. The first kappa shape index (κ1) is 13.6. The van der Waals surface area contributed by atoms with Crippen LogP contribution in [0.15, 0.2) is 42.5 Å². The average molecular weight is 258 g/mol. The van der Waals surface area contributed by atoms with Crippen molar-refractivity contribution < 1.29 is 9.13 Å². The van der Waals surface area contributed by atoms with Crippen LogP contribution in [0.4, 0.5) is 4.39 Å². The molecule has 2 heteroatoms. The quantitative estimate of drug-likeness (QED) is 0.745. The third-order valence-electron chi connectivity index (χ3n) is 3.05. The van der Waals surface area contributed by atoms with E-state index in [1.54, 1.807) is 6.07 Å². The van der Waals surface area contributed by atoms with Crippen LogP contribution >= 0.6 is 0 Å². The first-order valence-corrected chi connectivity index (χ1v) is 6.76. The number of rotatable bonds is 5. The fraction of sp³-hybridized carbons (Fsp3) is 0.294. The third-order valence-corrected chi connectivity index (χ3v) is 3.05. The molecule has 0 aromatic heterocycles. The smallest absolute Gasteiger partial charge is 0.131 e. The van der Waals surface area contributed by atoms with Gasteiger partial charge in [0.2, 0.25) is 0 Å². The van der Waals surface area contributed by atoms with E-state index in [0.29, 0.717) is 12.2 Å². The van der Waals surface area contributed by atoms with Gasteiger partial charge in [0.15, 0.2) is 0 Å². The molecule has 0 radical (unpaired) electrons. The highest BCUT2D eigenvalue weighted by Gasteiger charge is 2.06. The Labute approximate surface area is 114 Å². The van der Waals surface area contributed by atoms with E-state index in [1.807, 2.05) is 43.3 Å².